The van der Waals surface area contributed by atoms with E-state index in [1.165, 1.54) is 18.3 Å². The molecule has 0 bridgehead atoms. The minimum atomic E-state index is -0.731. The second-order valence-electron chi connectivity index (χ2n) is 3.06. The van der Waals surface area contributed by atoms with Crippen molar-refractivity contribution in [2.75, 3.05) is 0 Å². The highest BCUT2D eigenvalue weighted by Crippen LogP contribution is 2.07. The second kappa shape index (κ2) is 4.48. The number of Topliss-reactive ketones (excluding diaryl/α,β-unsaturated/α-hetero) is 2. The second-order valence-corrected chi connectivity index (χ2v) is 6.59. The molecule has 4 heteroatoms. The third-order valence-corrected chi connectivity index (χ3v) is 5.90. The van der Waals surface area contributed by atoms with Crippen molar-refractivity contribution < 1.29 is 9.59 Å². The van der Waals surface area contributed by atoms with Crippen LogP contribution in [0, 0.1) is 0 Å². The Morgan fingerprint density at radius 1 is 1.38 bits per heavy atom. The maximum atomic E-state index is 11.1. The molecular weight excluding hydrogens is 200 g/mol. The monoisotopic (exact) mass is 212 g/mol. The van der Waals surface area contributed by atoms with Gasteiger partial charge in [-0.25, -0.2) is 0 Å². The zero-order valence-corrected chi connectivity index (χ0v) is 9.97. The van der Waals surface area contributed by atoms with Gasteiger partial charge in [0.2, 0.25) is 0 Å². The molecule has 1 aromatic rings. The van der Waals surface area contributed by atoms with Crippen LogP contribution in [0.5, 0.6) is 0 Å². The van der Waals surface area contributed by atoms with E-state index in [2.05, 4.69) is 0 Å². The van der Waals surface area contributed by atoms with Gasteiger partial charge in [-0.15, -0.1) is 0 Å². The van der Waals surface area contributed by atoms with E-state index < -0.39 is 9.52 Å². The van der Waals surface area contributed by atoms with Gasteiger partial charge in [0.05, 0.1) is 15.1 Å². The molecule has 0 amide bonds. The topological polar surface area (TPSA) is 34.1 Å². The summed E-state index contributed by atoms with van der Waals surface area (Å²) in [6.07, 6.45) is 0. The van der Waals surface area contributed by atoms with E-state index in [1.54, 1.807) is 11.3 Å². The van der Waals surface area contributed by atoms with Crippen molar-refractivity contribution in [3.05, 3.63) is 17.5 Å². The van der Waals surface area contributed by atoms with Crippen molar-refractivity contribution in [2.24, 2.45) is 0 Å². The minimum Gasteiger partial charge on any atom is -0.300 e. The van der Waals surface area contributed by atoms with Crippen molar-refractivity contribution in [1.29, 1.82) is 0 Å². The first-order valence-electron chi connectivity index (χ1n) is 4.14. The summed E-state index contributed by atoms with van der Waals surface area (Å²) in [7, 11) is -0.731. The highest BCUT2D eigenvalue weighted by molar-refractivity contribution is 7.20. The third-order valence-electron chi connectivity index (χ3n) is 1.97. The lowest BCUT2D eigenvalue weighted by Crippen LogP contribution is -2.26. The highest BCUT2D eigenvalue weighted by atomic mass is 32.1. The minimum absolute atomic E-state index is 0.0209. The van der Waals surface area contributed by atoms with Gasteiger partial charge in [0.15, 0.2) is 0 Å². The summed E-state index contributed by atoms with van der Waals surface area (Å²) in [6, 6.07) is 3.97. The molecule has 70 valence electrons. The van der Waals surface area contributed by atoms with Crippen LogP contribution in [0.1, 0.15) is 13.8 Å². The van der Waals surface area contributed by atoms with Crippen LogP contribution in [0.25, 0.3) is 0 Å². The first kappa shape index (κ1) is 10.3. The summed E-state index contributed by atoms with van der Waals surface area (Å²) in [5, 5.41) is 1.99. The molecule has 0 spiro atoms. The largest absolute Gasteiger partial charge is 0.300 e. The summed E-state index contributed by atoms with van der Waals surface area (Å²) in [4.78, 5) is 22.3. The Morgan fingerprint density at radius 2 is 2.00 bits per heavy atom. The smallest absolute Gasteiger partial charge is 0.137 e. The van der Waals surface area contributed by atoms with Crippen LogP contribution < -0.4 is 4.50 Å². The maximum Gasteiger partial charge on any atom is 0.137 e. The zero-order valence-electron chi connectivity index (χ0n) is 7.74. The van der Waals surface area contributed by atoms with E-state index in [-0.39, 0.29) is 17.1 Å². The first-order valence-corrected chi connectivity index (χ1v) is 6.55. The Hall–Kier alpha value is -0.743. The molecule has 0 unspecified atom stereocenters. The van der Waals surface area contributed by atoms with Crippen molar-refractivity contribution in [2.45, 2.75) is 19.4 Å². The van der Waals surface area contributed by atoms with E-state index >= 15 is 0 Å². The molecule has 0 atom stereocenters. The molecule has 2 nitrogen and oxygen atoms in total. The van der Waals surface area contributed by atoms with Gasteiger partial charge in [0, 0.05) is 0 Å². The van der Waals surface area contributed by atoms with Gasteiger partial charge in [-0.1, -0.05) is 12.1 Å². The third kappa shape index (κ3) is 2.89. The fourth-order valence-electron chi connectivity index (χ4n) is 1.20. The Bertz CT molecular complexity index is 291. The molecule has 0 aliphatic heterocycles. The Labute approximate surface area is 83.8 Å². The van der Waals surface area contributed by atoms with E-state index in [0.29, 0.717) is 0 Å². The summed E-state index contributed by atoms with van der Waals surface area (Å²) in [5.41, 5.74) is -0.307. The summed E-state index contributed by atoms with van der Waals surface area (Å²) in [6.45, 7) is 3.01. The molecule has 0 radical (unpaired) electrons. The normalized spacial score (nSPS) is 11.3. The van der Waals surface area contributed by atoms with E-state index in [1.807, 2.05) is 17.5 Å². The average Bonchev–Trinajstić information content (AvgIpc) is 2.50. The summed E-state index contributed by atoms with van der Waals surface area (Å²) in [5.74, 6) is 0.0418. The van der Waals surface area contributed by atoms with Crippen LogP contribution in [0.3, 0.4) is 0 Å². The molecule has 0 aliphatic carbocycles. The van der Waals surface area contributed by atoms with Crippen LogP contribution in [0.2, 0.25) is 5.54 Å². The summed E-state index contributed by atoms with van der Waals surface area (Å²) < 4.78 is 1.23. The van der Waals surface area contributed by atoms with Crippen LogP contribution in [-0.4, -0.2) is 21.1 Å². The Balaban J connectivity index is 2.69. The molecular formula is C9H12O2SSi. The average molecular weight is 212 g/mol. The van der Waals surface area contributed by atoms with E-state index in [4.69, 9.17) is 0 Å². The van der Waals surface area contributed by atoms with Crippen LogP contribution >= 0.6 is 11.3 Å². The molecule has 1 rings (SSSR count). The van der Waals surface area contributed by atoms with E-state index in [0.717, 1.165) is 0 Å². The van der Waals surface area contributed by atoms with Gasteiger partial charge in [-0.05, 0) is 23.7 Å². The number of rotatable bonds is 4. The lowest BCUT2D eigenvalue weighted by molar-refractivity contribution is -0.124. The van der Waals surface area contributed by atoms with Crippen molar-refractivity contribution >= 4 is 36.9 Å². The lowest BCUT2D eigenvalue weighted by atomic mass is 10.2. The van der Waals surface area contributed by atoms with E-state index in [9.17, 15) is 9.59 Å². The van der Waals surface area contributed by atoms with Crippen LogP contribution in [0.4, 0.5) is 0 Å². The van der Waals surface area contributed by atoms with Crippen molar-refractivity contribution in [3.8, 4) is 0 Å². The number of carbonyl (C=O) groups is 2. The van der Waals surface area contributed by atoms with Gasteiger partial charge < -0.3 is 0 Å². The quantitative estimate of drug-likeness (QED) is 0.538. The fraction of sp³-hybridized carbons (Fsp3) is 0.333. The van der Waals surface area contributed by atoms with Crippen molar-refractivity contribution in [3.63, 3.8) is 0 Å². The maximum absolute atomic E-state index is 11.1. The van der Waals surface area contributed by atoms with Gasteiger partial charge in [-0.2, -0.15) is 11.3 Å². The number of hydrogen-bond donors (Lipinski definition) is 0. The van der Waals surface area contributed by atoms with Gasteiger partial charge in [0.1, 0.15) is 11.6 Å². The molecule has 0 saturated heterocycles. The SMILES string of the molecule is CC(=O)C([SiH2]c1cccs1)C(C)=O. The molecule has 0 aliphatic rings. The summed E-state index contributed by atoms with van der Waals surface area (Å²) >= 11 is 1.64. The molecule has 13 heavy (non-hydrogen) atoms. The Kier molecular flexibility index (Phi) is 3.56. The zero-order chi connectivity index (χ0) is 9.84. The predicted octanol–water partition coefficient (Wildman–Crippen LogP) is 0.509. The molecule has 0 fully saturated rings. The number of thiophene rings is 1. The van der Waals surface area contributed by atoms with Gasteiger partial charge in [0.25, 0.3) is 0 Å². The molecule has 0 N–H and O–H groups in total. The molecule has 0 saturated carbocycles. The van der Waals surface area contributed by atoms with Gasteiger partial charge in [-0.3, -0.25) is 9.59 Å². The Morgan fingerprint density at radius 3 is 2.38 bits per heavy atom. The first-order chi connectivity index (χ1) is 6.11. The van der Waals surface area contributed by atoms with Crippen molar-refractivity contribution in [1.82, 2.24) is 0 Å². The lowest BCUT2D eigenvalue weighted by Gasteiger charge is -2.06. The molecule has 0 aromatic carbocycles. The molecule has 1 aromatic heterocycles. The highest BCUT2D eigenvalue weighted by Gasteiger charge is 2.20. The molecule has 1 heterocycles. The van der Waals surface area contributed by atoms with Crippen LogP contribution in [0.15, 0.2) is 17.5 Å². The number of carbonyl (C=O) groups excluding carboxylic acids is 2. The predicted molar refractivity (Wildman–Crippen MR) is 57.6 cm³/mol. The number of ketones is 2. The fourth-order valence-corrected chi connectivity index (χ4v) is 4.12. The van der Waals surface area contributed by atoms with Crippen LogP contribution in [-0.2, 0) is 9.59 Å². The number of hydrogen-bond acceptors (Lipinski definition) is 3. The standard InChI is InChI=1S/C9H12O2SSi/c1-6(10)9(7(2)11)13-8-4-3-5-12-8/h3-5,9H,13H2,1-2H3. The van der Waals surface area contributed by atoms with Gasteiger partial charge >= 0.3 is 0 Å².